The molecule has 0 aliphatic rings. The van der Waals surface area contributed by atoms with Gasteiger partial charge >= 0.3 is 0 Å². The van der Waals surface area contributed by atoms with Gasteiger partial charge in [-0.2, -0.15) is 0 Å². The number of carbonyl (C=O) groups is 1. The second kappa shape index (κ2) is 7.61. The lowest BCUT2D eigenvalue weighted by Gasteiger charge is -2.34. The van der Waals surface area contributed by atoms with E-state index in [1.165, 1.54) is 0 Å². The van der Waals surface area contributed by atoms with E-state index in [0.717, 1.165) is 13.1 Å². The summed E-state index contributed by atoms with van der Waals surface area (Å²) in [7, 11) is 0. The molecule has 4 nitrogen and oxygen atoms in total. The molecule has 1 amide bonds. The van der Waals surface area contributed by atoms with E-state index in [4.69, 9.17) is 18.0 Å². The lowest BCUT2D eigenvalue weighted by atomic mass is 10.2. The van der Waals surface area contributed by atoms with Gasteiger partial charge in [-0.1, -0.05) is 12.2 Å². The number of rotatable bonds is 7. The van der Waals surface area contributed by atoms with Crippen LogP contribution in [0.3, 0.4) is 0 Å². The average molecular weight is 259 g/mol. The summed E-state index contributed by atoms with van der Waals surface area (Å²) in [5.74, 6) is 0.139. The van der Waals surface area contributed by atoms with Gasteiger partial charge in [0.1, 0.15) is 0 Å². The van der Waals surface area contributed by atoms with E-state index in [1.54, 1.807) is 0 Å². The van der Waals surface area contributed by atoms with Crippen molar-refractivity contribution in [3.63, 3.8) is 0 Å². The first-order valence-corrected chi connectivity index (χ1v) is 6.58. The Morgan fingerprint density at radius 2 is 1.71 bits per heavy atom. The van der Waals surface area contributed by atoms with Crippen LogP contribution in [-0.4, -0.2) is 52.4 Å². The van der Waals surface area contributed by atoms with Crippen molar-refractivity contribution >= 4 is 23.1 Å². The second-order valence-electron chi connectivity index (χ2n) is 4.42. The number of carbonyl (C=O) groups excluding carboxylic acids is 1. The summed E-state index contributed by atoms with van der Waals surface area (Å²) in [4.78, 5) is 16.5. The number of hydrogen-bond donors (Lipinski definition) is 1. The molecule has 100 valence electrons. The van der Waals surface area contributed by atoms with Crippen LogP contribution in [0, 0.1) is 0 Å². The highest BCUT2D eigenvalue weighted by Crippen LogP contribution is 2.08. The van der Waals surface area contributed by atoms with Gasteiger partial charge in [-0.15, -0.1) is 0 Å². The minimum absolute atomic E-state index is 0.139. The first-order chi connectivity index (χ1) is 7.84. The van der Waals surface area contributed by atoms with Crippen LogP contribution in [0.15, 0.2) is 0 Å². The van der Waals surface area contributed by atoms with Gasteiger partial charge in [-0.25, -0.2) is 0 Å². The summed E-state index contributed by atoms with van der Waals surface area (Å²) in [5, 5.41) is 0. The fourth-order valence-corrected chi connectivity index (χ4v) is 2.04. The molecule has 0 saturated carbocycles. The molecule has 0 heterocycles. The van der Waals surface area contributed by atoms with Crippen molar-refractivity contribution in [1.82, 2.24) is 9.80 Å². The molecular weight excluding hydrogens is 234 g/mol. The summed E-state index contributed by atoms with van der Waals surface area (Å²) >= 11 is 4.93. The number of amides is 1. The van der Waals surface area contributed by atoms with Crippen LogP contribution in [0.4, 0.5) is 0 Å². The van der Waals surface area contributed by atoms with E-state index in [1.807, 2.05) is 44.4 Å². The molecule has 0 aliphatic carbocycles. The maximum atomic E-state index is 12.2. The van der Waals surface area contributed by atoms with Crippen LogP contribution in [-0.2, 0) is 4.79 Å². The molecule has 1 unspecified atom stereocenters. The Balaban J connectivity index is 4.76. The van der Waals surface area contributed by atoms with Crippen molar-refractivity contribution in [2.24, 2.45) is 5.73 Å². The minimum Gasteiger partial charge on any atom is -0.392 e. The van der Waals surface area contributed by atoms with Gasteiger partial charge in [0.2, 0.25) is 5.91 Å². The van der Waals surface area contributed by atoms with Crippen LogP contribution in [0.1, 0.15) is 34.6 Å². The third-order valence-electron chi connectivity index (χ3n) is 2.93. The first-order valence-electron chi connectivity index (χ1n) is 6.17. The van der Waals surface area contributed by atoms with Crippen molar-refractivity contribution in [3.8, 4) is 0 Å². The molecule has 0 bridgehead atoms. The average Bonchev–Trinajstić information content (AvgIpc) is 2.25. The highest BCUT2D eigenvalue weighted by Gasteiger charge is 2.26. The molecule has 0 aromatic heterocycles. The third kappa shape index (κ3) is 5.00. The first kappa shape index (κ1) is 16.3. The third-order valence-corrected chi connectivity index (χ3v) is 3.06. The predicted molar refractivity (Wildman–Crippen MR) is 76.0 cm³/mol. The summed E-state index contributed by atoms with van der Waals surface area (Å²) in [5.41, 5.74) is 5.58. The summed E-state index contributed by atoms with van der Waals surface area (Å²) in [6.45, 7) is 11.9. The molecule has 5 heteroatoms. The number of nitrogens with zero attached hydrogens (tertiary/aromatic N) is 2. The second-order valence-corrected chi connectivity index (χ2v) is 4.94. The Kier molecular flexibility index (Phi) is 7.30. The summed E-state index contributed by atoms with van der Waals surface area (Å²) in [6.07, 6.45) is 0. The lowest BCUT2D eigenvalue weighted by molar-refractivity contribution is -0.136. The van der Waals surface area contributed by atoms with E-state index >= 15 is 0 Å². The van der Waals surface area contributed by atoms with Gasteiger partial charge in [-0.05, 0) is 34.6 Å². The molecule has 0 radical (unpaired) electrons. The Morgan fingerprint density at radius 1 is 1.24 bits per heavy atom. The quantitative estimate of drug-likeness (QED) is 0.699. The number of nitrogens with two attached hydrogens (primary N) is 1. The fraction of sp³-hybridized carbons (Fsp3) is 0.833. The zero-order chi connectivity index (χ0) is 13.6. The molecule has 0 spiro atoms. The van der Waals surface area contributed by atoms with Gasteiger partial charge < -0.3 is 10.6 Å². The zero-order valence-electron chi connectivity index (χ0n) is 11.6. The SMILES string of the molecule is CCN(CC)C(=O)C(C)N(CC(N)=S)C(C)C. The molecule has 0 aromatic rings. The van der Waals surface area contributed by atoms with E-state index in [9.17, 15) is 4.79 Å². The van der Waals surface area contributed by atoms with Crippen molar-refractivity contribution < 1.29 is 4.79 Å². The molecule has 2 N–H and O–H groups in total. The molecule has 0 aromatic carbocycles. The standard InChI is InChI=1S/C12H25N3OS/c1-6-14(7-2)12(16)10(5)15(9(3)4)8-11(13)17/h9-10H,6-8H2,1-5H3,(H2,13,17). The fourth-order valence-electron chi connectivity index (χ4n) is 1.89. The summed E-state index contributed by atoms with van der Waals surface area (Å²) < 4.78 is 0. The van der Waals surface area contributed by atoms with E-state index in [2.05, 4.69) is 0 Å². The smallest absolute Gasteiger partial charge is 0.239 e. The van der Waals surface area contributed by atoms with Gasteiger partial charge in [0.25, 0.3) is 0 Å². The molecule has 0 rings (SSSR count). The van der Waals surface area contributed by atoms with Gasteiger partial charge in [0, 0.05) is 25.7 Å². The van der Waals surface area contributed by atoms with Crippen LogP contribution in [0.2, 0.25) is 0 Å². The van der Waals surface area contributed by atoms with Crippen LogP contribution < -0.4 is 5.73 Å². The largest absolute Gasteiger partial charge is 0.392 e. The maximum Gasteiger partial charge on any atom is 0.239 e. The Hall–Kier alpha value is -0.680. The summed E-state index contributed by atoms with van der Waals surface area (Å²) in [6, 6.07) is 0.0578. The normalized spacial score (nSPS) is 12.9. The number of likely N-dealkylation sites (N-methyl/N-ethyl adjacent to an activating group) is 1. The molecule has 0 saturated heterocycles. The molecular formula is C12H25N3OS. The zero-order valence-corrected chi connectivity index (χ0v) is 12.4. The molecule has 17 heavy (non-hydrogen) atoms. The lowest BCUT2D eigenvalue weighted by Crippen LogP contribution is -2.51. The monoisotopic (exact) mass is 259 g/mol. The van der Waals surface area contributed by atoms with Gasteiger partial charge in [0.15, 0.2) is 0 Å². The Bertz CT molecular complexity index is 264. The van der Waals surface area contributed by atoms with Gasteiger partial charge in [0.05, 0.1) is 11.0 Å². The number of thiocarbonyl (C=S) groups is 1. The molecule has 0 aliphatic heterocycles. The van der Waals surface area contributed by atoms with E-state index < -0.39 is 0 Å². The maximum absolute atomic E-state index is 12.2. The van der Waals surface area contributed by atoms with E-state index in [-0.39, 0.29) is 18.0 Å². The van der Waals surface area contributed by atoms with Crippen molar-refractivity contribution in [1.29, 1.82) is 0 Å². The van der Waals surface area contributed by atoms with Crippen molar-refractivity contribution in [2.75, 3.05) is 19.6 Å². The number of hydrogen-bond acceptors (Lipinski definition) is 3. The Labute approximate surface area is 110 Å². The molecule has 0 fully saturated rings. The van der Waals surface area contributed by atoms with Crippen LogP contribution in [0.5, 0.6) is 0 Å². The van der Waals surface area contributed by atoms with E-state index in [0.29, 0.717) is 11.5 Å². The van der Waals surface area contributed by atoms with Crippen LogP contribution >= 0.6 is 12.2 Å². The van der Waals surface area contributed by atoms with Gasteiger partial charge in [-0.3, -0.25) is 9.69 Å². The molecule has 1 atom stereocenters. The highest BCUT2D eigenvalue weighted by atomic mass is 32.1. The minimum atomic E-state index is -0.184. The Morgan fingerprint density at radius 3 is 2.00 bits per heavy atom. The highest BCUT2D eigenvalue weighted by molar-refractivity contribution is 7.80. The van der Waals surface area contributed by atoms with Crippen molar-refractivity contribution in [2.45, 2.75) is 46.7 Å². The van der Waals surface area contributed by atoms with Crippen LogP contribution in [0.25, 0.3) is 0 Å². The topological polar surface area (TPSA) is 49.6 Å². The van der Waals surface area contributed by atoms with Crippen molar-refractivity contribution in [3.05, 3.63) is 0 Å². The predicted octanol–water partition coefficient (Wildman–Crippen LogP) is 1.24.